The number of carboxylic acid groups (broad SMARTS) is 1. The molecule has 1 aromatic carbocycles. The number of nitrogens with zero attached hydrogens (tertiary/aromatic N) is 1. The molecule has 0 radical (unpaired) electrons. The quantitative estimate of drug-likeness (QED) is 0.861. The Morgan fingerprint density at radius 2 is 2.12 bits per heavy atom. The zero-order valence-electron chi connectivity index (χ0n) is 9.16. The van der Waals surface area contributed by atoms with Gasteiger partial charge in [-0.25, -0.2) is 4.98 Å². The van der Waals surface area contributed by atoms with Crippen molar-refractivity contribution in [3.05, 3.63) is 47.0 Å². The third kappa shape index (κ3) is 3.08. The van der Waals surface area contributed by atoms with Crippen molar-refractivity contribution in [2.75, 3.05) is 0 Å². The number of thioether (sulfide) groups is 1. The average Bonchev–Trinajstić information content (AvgIpc) is 2.73. The fourth-order valence-corrected chi connectivity index (χ4v) is 3.34. The molecule has 5 heteroatoms. The second kappa shape index (κ2) is 5.33. The molecule has 0 bridgehead atoms. The minimum Gasteiger partial charge on any atom is -0.480 e. The standard InChI is InChI=1S/C12H11NO2S2/c1-8-7-16-12(13-8)17-10(11(14)15)9-5-3-2-4-6-9/h2-7,10H,1H3,(H,14,15)/t10-/m1/s1. The summed E-state index contributed by atoms with van der Waals surface area (Å²) < 4.78 is 0.791. The van der Waals surface area contributed by atoms with Gasteiger partial charge in [0.05, 0.1) is 0 Å². The lowest BCUT2D eigenvalue weighted by atomic mass is 10.1. The number of carbonyl (C=O) groups is 1. The predicted octanol–water partition coefficient (Wildman–Crippen LogP) is 3.37. The number of aromatic nitrogens is 1. The van der Waals surface area contributed by atoms with Gasteiger partial charge in [0.25, 0.3) is 0 Å². The molecule has 0 aliphatic heterocycles. The monoisotopic (exact) mass is 265 g/mol. The predicted molar refractivity (Wildman–Crippen MR) is 69.5 cm³/mol. The summed E-state index contributed by atoms with van der Waals surface area (Å²) in [5, 5.41) is 10.6. The number of rotatable bonds is 4. The molecule has 0 unspecified atom stereocenters. The van der Waals surface area contributed by atoms with Gasteiger partial charge in [0.2, 0.25) is 0 Å². The van der Waals surface area contributed by atoms with Crippen LogP contribution in [0.15, 0.2) is 40.1 Å². The molecule has 0 spiro atoms. The Balaban J connectivity index is 2.22. The van der Waals surface area contributed by atoms with Crippen LogP contribution in [-0.2, 0) is 4.79 Å². The highest BCUT2D eigenvalue weighted by molar-refractivity contribution is 8.01. The fourth-order valence-electron chi connectivity index (χ4n) is 1.38. The molecule has 1 heterocycles. The van der Waals surface area contributed by atoms with E-state index in [1.165, 1.54) is 23.1 Å². The van der Waals surface area contributed by atoms with Gasteiger partial charge < -0.3 is 5.11 Å². The van der Waals surface area contributed by atoms with E-state index in [-0.39, 0.29) is 0 Å². The van der Waals surface area contributed by atoms with Crippen LogP contribution in [0.3, 0.4) is 0 Å². The van der Waals surface area contributed by atoms with Crippen molar-refractivity contribution in [1.82, 2.24) is 4.98 Å². The summed E-state index contributed by atoms with van der Waals surface area (Å²) in [5.74, 6) is -0.839. The lowest BCUT2D eigenvalue weighted by Crippen LogP contribution is -2.07. The van der Waals surface area contributed by atoms with Gasteiger partial charge in [0, 0.05) is 11.1 Å². The molecule has 1 N–H and O–H groups in total. The molecule has 0 aliphatic carbocycles. The van der Waals surface area contributed by atoms with Crippen molar-refractivity contribution in [3.63, 3.8) is 0 Å². The minimum absolute atomic E-state index is 0.596. The van der Waals surface area contributed by atoms with E-state index in [0.29, 0.717) is 0 Å². The summed E-state index contributed by atoms with van der Waals surface area (Å²) in [5.41, 5.74) is 1.72. The Labute approximate surface area is 108 Å². The Hall–Kier alpha value is -1.33. The largest absolute Gasteiger partial charge is 0.480 e. The summed E-state index contributed by atoms with van der Waals surface area (Å²) in [6.07, 6.45) is 0. The summed E-state index contributed by atoms with van der Waals surface area (Å²) >= 11 is 2.76. The van der Waals surface area contributed by atoms with Gasteiger partial charge in [0.15, 0.2) is 4.34 Å². The number of aliphatic carboxylic acids is 1. The first-order valence-corrected chi connectivity index (χ1v) is 6.79. The second-order valence-electron chi connectivity index (χ2n) is 3.50. The SMILES string of the molecule is Cc1csc(S[C@@H](C(=O)O)c2ccccc2)n1. The maximum Gasteiger partial charge on any atom is 0.321 e. The third-order valence-corrected chi connectivity index (χ3v) is 4.47. The third-order valence-electron chi connectivity index (χ3n) is 2.14. The molecule has 0 saturated carbocycles. The first-order valence-electron chi connectivity index (χ1n) is 5.03. The van der Waals surface area contributed by atoms with Crippen LogP contribution in [0.25, 0.3) is 0 Å². The van der Waals surface area contributed by atoms with Gasteiger partial charge >= 0.3 is 5.97 Å². The van der Waals surface area contributed by atoms with Crippen LogP contribution in [0, 0.1) is 6.92 Å². The van der Waals surface area contributed by atoms with Gasteiger partial charge in [-0.3, -0.25) is 4.79 Å². The van der Waals surface area contributed by atoms with Crippen LogP contribution < -0.4 is 0 Å². The molecule has 0 amide bonds. The molecule has 1 aromatic heterocycles. The first-order chi connectivity index (χ1) is 8.16. The highest BCUT2D eigenvalue weighted by Crippen LogP contribution is 2.36. The molecule has 3 nitrogen and oxygen atoms in total. The van der Waals surface area contributed by atoms with E-state index in [9.17, 15) is 9.90 Å². The summed E-state index contributed by atoms with van der Waals surface area (Å²) in [4.78, 5) is 15.5. The number of thiazole rings is 1. The van der Waals surface area contributed by atoms with E-state index in [0.717, 1.165) is 15.6 Å². The van der Waals surface area contributed by atoms with Crippen LogP contribution in [0.5, 0.6) is 0 Å². The normalized spacial score (nSPS) is 12.3. The smallest absolute Gasteiger partial charge is 0.321 e. The molecule has 2 aromatic rings. The maximum absolute atomic E-state index is 11.3. The van der Waals surface area contributed by atoms with Gasteiger partial charge in [-0.2, -0.15) is 0 Å². The van der Waals surface area contributed by atoms with Crippen molar-refractivity contribution in [2.45, 2.75) is 16.5 Å². The van der Waals surface area contributed by atoms with Crippen LogP contribution >= 0.6 is 23.1 Å². The molecule has 1 atom stereocenters. The van der Waals surface area contributed by atoms with E-state index in [2.05, 4.69) is 4.98 Å². The Kier molecular flexibility index (Phi) is 3.81. The van der Waals surface area contributed by atoms with Crippen molar-refractivity contribution in [1.29, 1.82) is 0 Å². The highest BCUT2D eigenvalue weighted by atomic mass is 32.2. The summed E-state index contributed by atoms with van der Waals surface area (Å²) in [6.45, 7) is 1.90. The van der Waals surface area contributed by atoms with Crippen LogP contribution in [0.1, 0.15) is 16.5 Å². The topological polar surface area (TPSA) is 50.2 Å². The van der Waals surface area contributed by atoms with Gasteiger partial charge in [-0.05, 0) is 12.5 Å². The summed E-state index contributed by atoms with van der Waals surface area (Å²) in [7, 11) is 0. The van der Waals surface area contributed by atoms with Gasteiger partial charge in [0.1, 0.15) is 5.25 Å². The van der Waals surface area contributed by atoms with E-state index in [1.807, 2.05) is 42.6 Å². The van der Waals surface area contributed by atoms with Crippen molar-refractivity contribution < 1.29 is 9.90 Å². The van der Waals surface area contributed by atoms with Crippen molar-refractivity contribution >= 4 is 29.1 Å². The van der Waals surface area contributed by atoms with Crippen LogP contribution in [0.4, 0.5) is 0 Å². The first kappa shape index (κ1) is 12.1. The van der Waals surface area contributed by atoms with E-state index < -0.39 is 11.2 Å². The molecule has 0 saturated heterocycles. The molecule has 2 rings (SSSR count). The number of carboxylic acids is 1. The number of hydrogen-bond donors (Lipinski definition) is 1. The zero-order valence-corrected chi connectivity index (χ0v) is 10.8. The number of hydrogen-bond acceptors (Lipinski definition) is 4. The number of aryl methyl sites for hydroxylation is 1. The Morgan fingerprint density at radius 3 is 2.65 bits per heavy atom. The highest BCUT2D eigenvalue weighted by Gasteiger charge is 2.22. The van der Waals surface area contributed by atoms with Crippen LogP contribution in [-0.4, -0.2) is 16.1 Å². The molecule has 0 fully saturated rings. The summed E-state index contributed by atoms with van der Waals surface area (Å²) in [6, 6.07) is 9.22. The Bertz CT molecular complexity index is 510. The van der Waals surface area contributed by atoms with E-state index in [1.54, 1.807) is 0 Å². The second-order valence-corrected chi connectivity index (χ2v) is 5.71. The van der Waals surface area contributed by atoms with Crippen molar-refractivity contribution in [2.24, 2.45) is 0 Å². The molecule has 0 aliphatic rings. The maximum atomic E-state index is 11.3. The minimum atomic E-state index is -0.839. The lowest BCUT2D eigenvalue weighted by molar-refractivity contribution is -0.136. The fraction of sp³-hybridized carbons (Fsp3) is 0.167. The molecular weight excluding hydrogens is 254 g/mol. The lowest BCUT2D eigenvalue weighted by Gasteiger charge is -2.09. The van der Waals surface area contributed by atoms with Gasteiger partial charge in [-0.15, -0.1) is 11.3 Å². The van der Waals surface area contributed by atoms with E-state index in [4.69, 9.17) is 0 Å². The number of benzene rings is 1. The zero-order chi connectivity index (χ0) is 12.3. The Morgan fingerprint density at radius 1 is 1.41 bits per heavy atom. The van der Waals surface area contributed by atoms with Gasteiger partial charge in [-0.1, -0.05) is 42.1 Å². The average molecular weight is 265 g/mol. The molecular formula is C12H11NO2S2. The van der Waals surface area contributed by atoms with Crippen molar-refractivity contribution in [3.8, 4) is 0 Å². The molecule has 88 valence electrons. The molecule has 17 heavy (non-hydrogen) atoms. The van der Waals surface area contributed by atoms with E-state index >= 15 is 0 Å². The van der Waals surface area contributed by atoms with Crippen LogP contribution in [0.2, 0.25) is 0 Å².